The number of amides is 1. The van der Waals surface area contributed by atoms with Crippen molar-refractivity contribution in [3.8, 4) is 16.9 Å². The minimum Gasteiger partial charge on any atom is -0.495 e. The Morgan fingerprint density at radius 3 is 2.41 bits per heavy atom. The fraction of sp³-hybridized carbons (Fsp3) is 0.103. The van der Waals surface area contributed by atoms with Gasteiger partial charge in [0.05, 0.1) is 19.0 Å². The molecule has 4 aromatic rings. The molecule has 4 rings (SSSR count). The SMILES string of the molecule is COc1cn(/C(=C\c2ccccn2)C(=O)Nc2ccc(C(O)O)cc2)c(=O)cc1-c1cc(Cl)ccc1C(C)=O. The Bertz CT molecular complexity index is 1610. The van der Waals surface area contributed by atoms with Crippen LogP contribution >= 0.6 is 11.6 Å². The summed E-state index contributed by atoms with van der Waals surface area (Å²) in [5, 5.41) is 21.7. The van der Waals surface area contributed by atoms with Gasteiger partial charge in [-0.2, -0.15) is 0 Å². The monoisotopic (exact) mass is 545 g/mol. The first kappa shape index (κ1) is 27.5. The molecule has 0 aliphatic heterocycles. The molecule has 2 heterocycles. The Hall–Kier alpha value is -4.57. The number of benzene rings is 2. The van der Waals surface area contributed by atoms with Gasteiger partial charge >= 0.3 is 0 Å². The second-order valence-corrected chi connectivity index (χ2v) is 8.88. The number of hydrogen-bond donors (Lipinski definition) is 3. The van der Waals surface area contributed by atoms with E-state index in [4.69, 9.17) is 16.3 Å². The van der Waals surface area contributed by atoms with Crippen LogP contribution in [0.5, 0.6) is 5.75 Å². The summed E-state index contributed by atoms with van der Waals surface area (Å²) in [5.41, 5.74) is 1.50. The first-order chi connectivity index (χ1) is 18.7. The van der Waals surface area contributed by atoms with E-state index in [0.717, 1.165) is 4.57 Å². The number of halogens is 1. The van der Waals surface area contributed by atoms with Crippen molar-refractivity contribution in [3.05, 3.63) is 111 Å². The van der Waals surface area contributed by atoms with E-state index in [1.165, 1.54) is 56.6 Å². The number of nitrogens with zero attached hydrogens (tertiary/aromatic N) is 2. The van der Waals surface area contributed by atoms with Crippen LogP contribution in [0.1, 0.15) is 34.8 Å². The summed E-state index contributed by atoms with van der Waals surface area (Å²) >= 11 is 6.19. The number of nitrogens with one attached hydrogen (secondary N) is 1. The summed E-state index contributed by atoms with van der Waals surface area (Å²) in [6.07, 6.45) is 2.71. The second-order valence-electron chi connectivity index (χ2n) is 8.44. The van der Waals surface area contributed by atoms with Gasteiger partial charge in [-0.3, -0.25) is 23.9 Å². The molecule has 0 radical (unpaired) electrons. The van der Waals surface area contributed by atoms with E-state index in [2.05, 4.69) is 10.3 Å². The van der Waals surface area contributed by atoms with Gasteiger partial charge in [0.1, 0.15) is 11.4 Å². The van der Waals surface area contributed by atoms with E-state index in [9.17, 15) is 24.6 Å². The number of rotatable bonds is 8. The number of pyridine rings is 2. The minimum absolute atomic E-state index is 0.0623. The highest BCUT2D eigenvalue weighted by Crippen LogP contribution is 2.34. The molecule has 2 aromatic carbocycles. The summed E-state index contributed by atoms with van der Waals surface area (Å²) in [6, 6.07) is 17.0. The number of anilines is 1. The third-order valence-electron chi connectivity index (χ3n) is 5.82. The fourth-order valence-corrected chi connectivity index (χ4v) is 4.07. The molecule has 0 unspecified atom stereocenters. The highest BCUT2D eigenvalue weighted by Gasteiger charge is 2.20. The second kappa shape index (κ2) is 11.9. The van der Waals surface area contributed by atoms with Gasteiger partial charge in [0.25, 0.3) is 11.5 Å². The van der Waals surface area contributed by atoms with Crippen LogP contribution in [0.4, 0.5) is 5.69 Å². The molecule has 1 amide bonds. The van der Waals surface area contributed by atoms with Crippen LogP contribution in [0.3, 0.4) is 0 Å². The number of aliphatic hydroxyl groups excluding tert-OH is 1. The van der Waals surface area contributed by atoms with Crippen molar-refractivity contribution in [2.24, 2.45) is 0 Å². The molecule has 2 aromatic heterocycles. The molecule has 0 fully saturated rings. The van der Waals surface area contributed by atoms with Crippen LogP contribution < -0.4 is 15.6 Å². The van der Waals surface area contributed by atoms with E-state index in [-0.39, 0.29) is 22.8 Å². The van der Waals surface area contributed by atoms with Gasteiger partial charge in [-0.1, -0.05) is 29.8 Å². The normalized spacial score (nSPS) is 11.4. The van der Waals surface area contributed by atoms with E-state index in [0.29, 0.717) is 33.1 Å². The molecule has 9 nitrogen and oxygen atoms in total. The number of carbonyl (C=O) groups excluding carboxylic acids is 2. The smallest absolute Gasteiger partial charge is 0.272 e. The lowest BCUT2D eigenvalue weighted by molar-refractivity contribution is -0.111. The van der Waals surface area contributed by atoms with Crippen molar-refractivity contribution in [2.45, 2.75) is 13.2 Å². The number of methoxy groups -OCH3 is 1. The molecule has 3 N–H and O–H groups in total. The van der Waals surface area contributed by atoms with Gasteiger partial charge in [0.2, 0.25) is 0 Å². The summed E-state index contributed by atoms with van der Waals surface area (Å²) < 4.78 is 6.69. The van der Waals surface area contributed by atoms with Gasteiger partial charge in [0, 0.05) is 39.7 Å². The van der Waals surface area contributed by atoms with Crippen LogP contribution in [-0.2, 0) is 4.79 Å². The first-order valence-corrected chi connectivity index (χ1v) is 12.1. The van der Waals surface area contributed by atoms with Gasteiger partial charge in [-0.05, 0) is 61.0 Å². The number of Topliss-reactive ketones (excluding diaryl/α,β-unsaturated/α-hetero) is 1. The Kier molecular flexibility index (Phi) is 8.36. The average molecular weight is 546 g/mol. The largest absolute Gasteiger partial charge is 0.495 e. The molecule has 0 saturated heterocycles. The van der Waals surface area contributed by atoms with Crippen molar-refractivity contribution in [3.63, 3.8) is 0 Å². The van der Waals surface area contributed by atoms with Crippen LogP contribution in [-0.4, -0.2) is 38.6 Å². The van der Waals surface area contributed by atoms with Crippen LogP contribution in [0.25, 0.3) is 22.9 Å². The van der Waals surface area contributed by atoms with Crippen molar-refractivity contribution in [2.75, 3.05) is 12.4 Å². The predicted molar refractivity (Wildman–Crippen MR) is 148 cm³/mol. The van der Waals surface area contributed by atoms with Crippen molar-refractivity contribution in [1.82, 2.24) is 9.55 Å². The van der Waals surface area contributed by atoms with E-state index < -0.39 is 17.8 Å². The molecule has 0 spiro atoms. The molecule has 0 saturated carbocycles. The Morgan fingerprint density at radius 1 is 1.05 bits per heavy atom. The van der Waals surface area contributed by atoms with E-state index >= 15 is 0 Å². The zero-order valence-corrected chi connectivity index (χ0v) is 21.7. The maximum atomic E-state index is 13.5. The summed E-state index contributed by atoms with van der Waals surface area (Å²) in [6.45, 7) is 1.41. The summed E-state index contributed by atoms with van der Waals surface area (Å²) in [7, 11) is 1.41. The fourth-order valence-electron chi connectivity index (χ4n) is 3.90. The Labute approximate surface area is 228 Å². The van der Waals surface area contributed by atoms with E-state index in [1.54, 1.807) is 42.6 Å². The number of ketones is 1. The third kappa shape index (κ3) is 6.29. The molecular formula is C29H24ClN3O6. The standard InChI is InChI=1S/C29H24ClN3O6/c1-17(34)22-11-8-19(30)13-23(22)24-15-27(35)33(16-26(24)39-2)25(14-21-5-3-4-12-31-21)28(36)32-20-9-6-18(7-10-20)29(37)38/h3-16,29,37-38H,1-2H3,(H,32,36)/b25-14-. The zero-order chi connectivity index (χ0) is 28.1. The molecule has 0 aliphatic rings. The van der Waals surface area contributed by atoms with Crippen molar-refractivity contribution in [1.29, 1.82) is 0 Å². The highest BCUT2D eigenvalue weighted by molar-refractivity contribution is 6.31. The van der Waals surface area contributed by atoms with E-state index in [1.807, 2.05) is 0 Å². The van der Waals surface area contributed by atoms with Crippen molar-refractivity contribution < 1.29 is 24.5 Å². The van der Waals surface area contributed by atoms with Gasteiger partial charge in [-0.15, -0.1) is 0 Å². The summed E-state index contributed by atoms with van der Waals surface area (Å²) in [5.74, 6) is -0.634. The lowest BCUT2D eigenvalue weighted by Gasteiger charge is -2.17. The molecule has 0 bridgehead atoms. The maximum Gasteiger partial charge on any atom is 0.272 e. The number of hydrogen-bond acceptors (Lipinski definition) is 7. The predicted octanol–water partition coefficient (Wildman–Crippen LogP) is 4.39. The molecule has 0 atom stereocenters. The zero-order valence-electron chi connectivity index (χ0n) is 21.0. The number of carbonyl (C=O) groups is 2. The lowest BCUT2D eigenvalue weighted by atomic mass is 9.97. The number of aliphatic hydroxyl groups is 2. The van der Waals surface area contributed by atoms with Crippen LogP contribution in [0.15, 0.2) is 83.9 Å². The molecule has 198 valence electrons. The summed E-state index contributed by atoms with van der Waals surface area (Å²) in [4.78, 5) is 43.4. The van der Waals surface area contributed by atoms with Crippen LogP contribution in [0, 0.1) is 0 Å². The number of aromatic nitrogens is 2. The maximum absolute atomic E-state index is 13.5. The van der Waals surface area contributed by atoms with Crippen molar-refractivity contribution >= 4 is 40.8 Å². The highest BCUT2D eigenvalue weighted by atomic mass is 35.5. The number of ether oxygens (including phenoxy) is 1. The van der Waals surface area contributed by atoms with Gasteiger partial charge in [-0.25, -0.2) is 0 Å². The van der Waals surface area contributed by atoms with Crippen LogP contribution in [0.2, 0.25) is 5.02 Å². The quantitative estimate of drug-likeness (QED) is 0.170. The Morgan fingerprint density at radius 2 is 1.79 bits per heavy atom. The first-order valence-electron chi connectivity index (χ1n) is 11.7. The van der Waals surface area contributed by atoms with Gasteiger partial charge in [0.15, 0.2) is 12.1 Å². The molecule has 10 heteroatoms. The minimum atomic E-state index is -1.65. The molecular weight excluding hydrogens is 522 g/mol. The lowest BCUT2D eigenvalue weighted by Crippen LogP contribution is -2.26. The molecule has 39 heavy (non-hydrogen) atoms. The third-order valence-corrected chi connectivity index (χ3v) is 6.05. The average Bonchev–Trinajstić information content (AvgIpc) is 2.92. The Balaban J connectivity index is 1.84. The topological polar surface area (TPSA) is 131 Å². The van der Waals surface area contributed by atoms with Gasteiger partial charge < -0.3 is 20.3 Å². The molecule has 0 aliphatic carbocycles.